The Bertz CT molecular complexity index is 540. The third-order valence-corrected chi connectivity index (χ3v) is 2.31. The smallest absolute Gasteiger partial charge is 0.220 e. The zero-order valence-corrected chi connectivity index (χ0v) is 8.81. The molecule has 0 unspecified atom stereocenters. The molecule has 0 fully saturated rings. The highest BCUT2D eigenvalue weighted by Crippen LogP contribution is 2.32. The van der Waals surface area contributed by atoms with E-state index in [1.54, 1.807) is 31.2 Å². The molecule has 0 spiro atoms. The first kappa shape index (κ1) is 10.2. The first-order chi connectivity index (χ1) is 7.59. The molecule has 0 radical (unpaired) electrons. The summed E-state index contributed by atoms with van der Waals surface area (Å²) in [6.45, 7) is 1.75. The van der Waals surface area contributed by atoms with Gasteiger partial charge in [0.1, 0.15) is 11.4 Å². The van der Waals surface area contributed by atoms with Crippen LogP contribution >= 0.6 is 0 Å². The van der Waals surface area contributed by atoms with E-state index in [4.69, 9.17) is 11.5 Å². The van der Waals surface area contributed by atoms with Gasteiger partial charge in [0, 0.05) is 5.56 Å². The zero-order chi connectivity index (χ0) is 11.7. The van der Waals surface area contributed by atoms with Crippen molar-refractivity contribution in [1.29, 1.82) is 0 Å². The van der Waals surface area contributed by atoms with Crippen LogP contribution in [0.4, 0.5) is 11.6 Å². The van der Waals surface area contributed by atoms with Gasteiger partial charge < -0.3 is 16.6 Å². The van der Waals surface area contributed by atoms with Crippen molar-refractivity contribution >= 4 is 11.6 Å². The largest absolute Gasteiger partial charge is 0.507 e. The van der Waals surface area contributed by atoms with Gasteiger partial charge in [0.15, 0.2) is 0 Å². The second kappa shape index (κ2) is 3.69. The van der Waals surface area contributed by atoms with Crippen molar-refractivity contribution in [1.82, 2.24) is 9.97 Å². The van der Waals surface area contributed by atoms with E-state index >= 15 is 0 Å². The van der Waals surface area contributed by atoms with E-state index in [9.17, 15) is 5.11 Å². The molecule has 5 N–H and O–H groups in total. The third-order valence-electron chi connectivity index (χ3n) is 2.31. The molecule has 2 aromatic rings. The Morgan fingerprint density at radius 1 is 1.12 bits per heavy atom. The molecule has 5 nitrogen and oxygen atoms in total. The molecule has 0 aliphatic carbocycles. The van der Waals surface area contributed by atoms with Crippen LogP contribution in [-0.2, 0) is 0 Å². The van der Waals surface area contributed by atoms with Crippen LogP contribution in [0.3, 0.4) is 0 Å². The normalized spacial score (nSPS) is 10.3. The molecule has 0 aliphatic rings. The van der Waals surface area contributed by atoms with Gasteiger partial charge in [-0.05, 0) is 19.1 Å². The van der Waals surface area contributed by atoms with Crippen LogP contribution in [0.5, 0.6) is 5.75 Å². The highest BCUT2D eigenvalue weighted by atomic mass is 16.3. The van der Waals surface area contributed by atoms with Crippen LogP contribution in [0.2, 0.25) is 0 Å². The van der Waals surface area contributed by atoms with Gasteiger partial charge >= 0.3 is 0 Å². The fourth-order valence-corrected chi connectivity index (χ4v) is 1.48. The number of anilines is 2. The van der Waals surface area contributed by atoms with Gasteiger partial charge in [-0.15, -0.1) is 0 Å². The maximum atomic E-state index is 9.71. The topological polar surface area (TPSA) is 98.0 Å². The summed E-state index contributed by atoms with van der Waals surface area (Å²) in [4.78, 5) is 8.00. The minimum atomic E-state index is 0.117. The summed E-state index contributed by atoms with van der Waals surface area (Å²) in [5.41, 5.74) is 13.5. The molecule has 0 saturated carbocycles. The minimum Gasteiger partial charge on any atom is -0.507 e. The molecular formula is C11H12N4O. The lowest BCUT2D eigenvalue weighted by molar-refractivity contribution is 0.477. The first-order valence-corrected chi connectivity index (χ1v) is 4.77. The molecule has 1 aromatic carbocycles. The lowest BCUT2D eigenvalue weighted by Crippen LogP contribution is -2.04. The van der Waals surface area contributed by atoms with Gasteiger partial charge in [-0.25, -0.2) is 9.97 Å². The highest BCUT2D eigenvalue weighted by molar-refractivity contribution is 5.78. The Balaban J connectivity index is 2.69. The van der Waals surface area contributed by atoms with Crippen LogP contribution in [0.15, 0.2) is 24.3 Å². The Labute approximate surface area is 92.8 Å². The van der Waals surface area contributed by atoms with Gasteiger partial charge in [-0.3, -0.25) is 0 Å². The number of phenolic OH excluding ortho intramolecular Hbond substituents is 1. The van der Waals surface area contributed by atoms with Crippen molar-refractivity contribution < 1.29 is 5.11 Å². The van der Waals surface area contributed by atoms with Gasteiger partial charge in [0.25, 0.3) is 0 Å². The zero-order valence-electron chi connectivity index (χ0n) is 8.81. The number of hydrogen-bond donors (Lipinski definition) is 3. The molecule has 2 rings (SSSR count). The number of aromatic nitrogens is 2. The lowest BCUT2D eigenvalue weighted by Gasteiger charge is -2.09. The van der Waals surface area contributed by atoms with E-state index < -0.39 is 0 Å². The number of phenols is 1. The summed E-state index contributed by atoms with van der Waals surface area (Å²) in [7, 11) is 0. The number of para-hydroxylation sites is 1. The van der Waals surface area contributed by atoms with Gasteiger partial charge in [0.2, 0.25) is 5.95 Å². The minimum absolute atomic E-state index is 0.117. The molecule has 0 aliphatic heterocycles. The maximum Gasteiger partial charge on any atom is 0.220 e. The van der Waals surface area contributed by atoms with Crippen molar-refractivity contribution in [2.24, 2.45) is 0 Å². The molecule has 16 heavy (non-hydrogen) atoms. The number of rotatable bonds is 1. The van der Waals surface area contributed by atoms with Gasteiger partial charge in [0.05, 0.1) is 11.4 Å². The molecule has 0 saturated heterocycles. The fourth-order valence-electron chi connectivity index (χ4n) is 1.48. The van der Waals surface area contributed by atoms with E-state index in [1.165, 1.54) is 0 Å². The Morgan fingerprint density at radius 2 is 1.81 bits per heavy atom. The molecular weight excluding hydrogens is 204 g/mol. The number of aromatic hydroxyl groups is 1. The summed E-state index contributed by atoms with van der Waals surface area (Å²) >= 11 is 0. The molecule has 5 heteroatoms. The summed E-state index contributed by atoms with van der Waals surface area (Å²) in [6, 6.07) is 6.82. The fraction of sp³-hybridized carbons (Fsp3) is 0.0909. The maximum absolute atomic E-state index is 9.71. The van der Waals surface area contributed by atoms with Gasteiger partial charge in [-0.2, -0.15) is 0 Å². The monoisotopic (exact) mass is 216 g/mol. The predicted molar refractivity (Wildman–Crippen MR) is 62.7 cm³/mol. The predicted octanol–water partition coefficient (Wildman–Crippen LogP) is 1.32. The van der Waals surface area contributed by atoms with Crippen molar-refractivity contribution in [3.8, 4) is 17.0 Å². The summed E-state index contributed by atoms with van der Waals surface area (Å²) in [5.74, 6) is 0.261. The van der Waals surface area contributed by atoms with Crippen LogP contribution in [0.25, 0.3) is 11.3 Å². The van der Waals surface area contributed by atoms with E-state index in [1.807, 2.05) is 0 Å². The summed E-state index contributed by atoms with van der Waals surface area (Å²) in [6.07, 6.45) is 0. The van der Waals surface area contributed by atoms with Crippen LogP contribution in [0.1, 0.15) is 5.69 Å². The Hall–Kier alpha value is -2.30. The van der Waals surface area contributed by atoms with E-state index in [-0.39, 0.29) is 11.7 Å². The number of nitrogens with two attached hydrogens (primary N) is 2. The number of nitrogens with zero attached hydrogens (tertiary/aromatic N) is 2. The Kier molecular flexibility index (Phi) is 2.36. The van der Waals surface area contributed by atoms with E-state index in [0.29, 0.717) is 22.6 Å². The van der Waals surface area contributed by atoms with Crippen LogP contribution < -0.4 is 11.5 Å². The molecule has 0 atom stereocenters. The van der Waals surface area contributed by atoms with Gasteiger partial charge in [-0.1, -0.05) is 12.1 Å². The van der Waals surface area contributed by atoms with E-state index in [0.717, 1.165) is 0 Å². The quantitative estimate of drug-likeness (QED) is 0.667. The van der Waals surface area contributed by atoms with Crippen molar-refractivity contribution in [3.05, 3.63) is 30.0 Å². The lowest BCUT2D eigenvalue weighted by atomic mass is 10.1. The first-order valence-electron chi connectivity index (χ1n) is 4.77. The molecule has 82 valence electrons. The third kappa shape index (κ3) is 1.63. The van der Waals surface area contributed by atoms with Crippen molar-refractivity contribution in [2.45, 2.75) is 6.92 Å². The molecule has 1 aromatic heterocycles. The standard InChI is InChI=1S/C11H12N4O/c1-6-9(12)10(15-11(13)14-6)7-4-2-3-5-8(7)16/h2-5,16H,12H2,1H3,(H2,13,14,15). The number of hydrogen-bond acceptors (Lipinski definition) is 5. The second-order valence-electron chi connectivity index (χ2n) is 3.45. The number of nitrogen functional groups attached to an aromatic ring is 2. The van der Waals surface area contributed by atoms with Crippen molar-refractivity contribution in [2.75, 3.05) is 11.5 Å². The van der Waals surface area contributed by atoms with Crippen molar-refractivity contribution in [3.63, 3.8) is 0 Å². The van der Waals surface area contributed by atoms with Crippen LogP contribution in [0, 0.1) is 6.92 Å². The average Bonchev–Trinajstić information content (AvgIpc) is 2.24. The average molecular weight is 216 g/mol. The van der Waals surface area contributed by atoms with Crippen LogP contribution in [-0.4, -0.2) is 15.1 Å². The second-order valence-corrected chi connectivity index (χ2v) is 3.45. The Morgan fingerprint density at radius 3 is 2.50 bits per heavy atom. The molecule has 0 bridgehead atoms. The number of aryl methyl sites for hydroxylation is 1. The summed E-state index contributed by atoms with van der Waals surface area (Å²) < 4.78 is 0. The molecule has 1 heterocycles. The highest BCUT2D eigenvalue weighted by Gasteiger charge is 2.12. The number of benzene rings is 1. The summed E-state index contributed by atoms with van der Waals surface area (Å²) in [5, 5.41) is 9.71. The molecule has 0 amide bonds. The van der Waals surface area contributed by atoms with E-state index in [2.05, 4.69) is 9.97 Å². The SMILES string of the molecule is Cc1nc(N)nc(-c2ccccc2O)c1N.